The molecule has 0 aromatic rings. The van der Waals surface area contributed by atoms with Crippen molar-refractivity contribution in [1.29, 1.82) is 0 Å². The van der Waals surface area contributed by atoms with E-state index in [4.69, 9.17) is 9.84 Å². The highest BCUT2D eigenvalue weighted by Crippen LogP contribution is 2.44. The van der Waals surface area contributed by atoms with Gasteiger partial charge in [0.25, 0.3) is 0 Å². The van der Waals surface area contributed by atoms with E-state index in [2.05, 4.69) is 0 Å². The van der Waals surface area contributed by atoms with E-state index in [9.17, 15) is 14.4 Å². The van der Waals surface area contributed by atoms with Crippen LogP contribution in [-0.2, 0) is 14.3 Å². The smallest absolute Gasteiger partial charge is 0.409 e. The van der Waals surface area contributed by atoms with Gasteiger partial charge in [-0.25, -0.2) is 4.79 Å². The van der Waals surface area contributed by atoms with Crippen LogP contribution in [0.1, 0.15) is 45.4 Å². The average Bonchev–Trinajstić information content (AvgIpc) is 2.94. The van der Waals surface area contributed by atoms with Crippen molar-refractivity contribution in [1.82, 2.24) is 9.80 Å². The number of carboxylic acids is 1. The summed E-state index contributed by atoms with van der Waals surface area (Å²) in [5, 5.41) is 9.13. The summed E-state index contributed by atoms with van der Waals surface area (Å²) in [6.07, 6.45) is 3.66. The second-order valence-corrected chi connectivity index (χ2v) is 6.52. The van der Waals surface area contributed by atoms with Crippen molar-refractivity contribution in [2.75, 3.05) is 32.8 Å². The summed E-state index contributed by atoms with van der Waals surface area (Å²) >= 11 is 0. The van der Waals surface area contributed by atoms with Gasteiger partial charge in [0.15, 0.2) is 0 Å². The van der Waals surface area contributed by atoms with E-state index in [0.717, 1.165) is 25.7 Å². The minimum absolute atomic E-state index is 0.0108. The van der Waals surface area contributed by atoms with Crippen molar-refractivity contribution in [3.8, 4) is 0 Å². The fourth-order valence-electron chi connectivity index (χ4n) is 3.65. The molecule has 2 rings (SSSR count). The lowest BCUT2D eigenvalue weighted by Gasteiger charge is -2.36. The van der Waals surface area contributed by atoms with Crippen LogP contribution in [0.2, 0.25) is 0 Å². The summed E-state index contributed by atoms with van der Waals surface area (Å²) in [5.74, 6) is -0.816. The molecule has 2 amide bonds. The Bertz CT molecular complexity index is 451. The van der Waals surface area contributed by atoms with Crippen LogP contribution in [0.5, 0.6) is 0 Å². The zero-order valence-corrected chi connectivity index (χ0v) is 13.8. The van der Waals surface area contributed by atoms with Gasteiger partial charge in [0.2, 0.25) is 5.91 Å². The second kappa shape index (κ2) is 7.66. The summed E-state index contributed by atoms with van der Waals surface area (Å²) < 4.78 is 4.96. The summed E-state index contributed by atoms with van der Waals surface area (Å²) in [4.78, 5) is 38.7. The minimum atomic E-state index is -0.827. The Morgan fingerprint density at radius 1 is 1.00 bits per heavy atom. The van der Waals surface area contributed by atoms with E-state index in [0.29, 0.717) is 39.2 Å². The molecule has 0 unspecified atom stereocenters. The number of hydrogen-bond donors (Lipinski definition) is 1. The van der Waals surface area contributed by atoms with Crippen LogP contribution in [0.4, 0.5) is 4.79 Å². The van der Waals surface area contributed by atoms with Gasteiger partial charge in [0.05, 0.1) is 13.0 Å². The Morgan fingerprint density at radius 2 is 1.57 bits per heavy atom. The van der Waals surface area contributed by atoms with E-state index in [1.165, 1.54) is 0 Å². The predicted molar refractivity (Wildman–Crippen MR) is 82.9 cm³/mol. The van der Waals surface area contributed by atoms with Gasteiger partial charge in [0, 0.05) is 32.6 Å². The Morgan fingerprint density at radius 3 is 2.09 bits per heavy atom. The van der Waals surface area contributed by atoms with Crippen molar-refractivity contribution in [3.63, 3.8) is 0 Å². The molecule has 0 radical (unpaired) electrons. The molecule has 2 fully saturated rings. The van der Waals surface area contributed by atoms with Crippen molar-refractivity contribution in [2.45, 2.75) is 45.4 Å². The number of ether oxygens (including phenoxy) is 1. The van der Waals surface area contributed by atoms with Crippen molar-refractivity contribution >= 4 is 18.0 Å². The first-order valence-electron chi connectivity index (χ1n) is 8.37. The fraction of sp³-hybridized carbons (Fsp3) is 0.812. The van der Waals surface area contributed by atoms with Crippen LogP contribution >= 0.6 is 0 Å². The summed E-state index contributed by atoms with van der Waals surface area (Å²) in [6.45, 7) is 4.02. The standard InChI is InChI=1S/C16H26N2O5/c1-2-23-15(22)18-9-7-17(8-10-18)13(19)11-16(12-14(20)21)5-3-4-6-16/h2-12H2,1H3,(H,20,21). The molecule has 1 N–H and O–H groups in total. The molecule has 0 atom stereocenters. The van der Waals surface area contributed by atoms with Gasteiger partial charge in [-0.15, -0.1) is 0 Å². The topological polar surface area (TPSA) is 87.2 Å². The third-order valence-electron chi connectivity index (χ3n) is 4.88. The van der Waals surface area contributed by atoms with Crippen LogP contribution in [0.3, 0.4) is 0 Å². The highest BCUT2D eigenvalue weighted by molar-refractivity contribution is 5.79. The maximum absolute atomic E-state index is 12.5. The maximum atomic E-state index is 12.5. The first kappa shape index (κ1) is 17.6. The zero-order chi connectivity index (χ0) is 16.9. The van der Waals surface area contributed by atoms with Crippen LogP contribution in [0.25, 0.3) is 0 Å². The quantitative estimate of drug-likeness (QED) is 0.831. The van der Waals surface area contributed by atoms with Crippen molar-refractivity contribution in [2.24, 2.45) is 5.41 Å². The van der Waals surface area contributed by atoms with Gasteiger partial charge in [-0.05, 0) is 25.2 Å². The van der Waals surface area contributed by atoms with Crippen LogP contribution in [0, 0.1) is 5.41 Å². The molecule has 7 nitrogen and oxygen atoms in total. The number of carbonyl (C=O) groups is 3. The molecule has 1 aliphatic heterocycles. The van der Waals surface area contributed by atoms with E-state index in [1.807, 2.05) is 0 Å². The summed E-state index contributed by atoms with van der Waals surface area (Å²) in [7, 11) is 0. The number of hydrogen-bond acceptors (Lipinski definition) is 4. The van der Waals surface area contributed by atoms with Crippen molar-refractivity contribution in [3.05, 3.63) is 0 Å². The molecular formula is C16H26N2O5. The fourth-order valence-corrected chi connectivity index (χ4v) is 3.65. The van der Waals surface area contributed by atoms with Gasteiger partial charge in [0.1, 0.15) is 0 Å². The Hall–Kier alpha value is -1.79. The first-order chi connectivity index (χ1) is 11.0. The molecule has 1 saturated carbocycles. The van der Waals surface area contributed by atoms with Gasteiger partial charge in [-0.2, -0.15) is 0 Å². The van der Waals surface area contributed by atoms with Gasteiger partial charge < -0.3 is 19.6 Å². The summed E-state index contributed by atoms with van der Waals surface area (Å²) in [6, 6.07) is 0. The SMILES string of the molecule is CCOC(=O)N1CCN(C(=O)CC2(CC(=O)O)CCCC2)CC1. The number of aliphatic carboxylic acids is 1. The maximum Gasteiger partial charge on any atom is 0.409 e. The average molecular weight is 326 g/mol. The largest absolute Gasteiger partial charge is 0.481 e. The Labute approximate surface area is 136 Å². The monoisotopic (exact) mass is 326 g/mol. The van der Waals surface area contributed by atoms with Gasteiger partial charge in [-0.1, -0.05) is 12.8 Å². The highest BCUT2D eigenvalue weighted by Gasteiger charge is 2.39. The van der Waals surface area contributed by atoms with Crippen LogP contribution in [0.15, 0.2) is 0 Å². The molecule has 1 aliphatic carbocycles. The zero-order valence-electron chi connectivity index (χ0n) is 13.8. The molecular weight excluding hydrogens is 300 g/mol. The number of nitrogens with zero attached hydrogens (tertiary/aromatic N) is 2. The Balaban J connectivity index is 1.87. The molecule has 0 aromatic heterocycles. The molecule has 2 aliphatic rings. The number of carboxylic acid groups (broad SMARTS) is 1. The van der Waals surface area contributed by atoms with Crippen LogP contribution in [-0.4, -0.2) is 65.7 Å². The number of amides is 2. The lowest BCUT2D eigenvalue weighted by atomic mass is 9.79. The molecule has 0 spiro atoms. The number of piperazine rings is 1. The van der Waals surface area contributed by atoms with Gasteiger partial charge >= 0.3 is 12.1 Å². The van der Waals surface area contributed by atoms with Crippen molar-refractivity contribution < 1.29 is 24.2 Å². The van der Waals surface area contributed by atoms with E-state index in [1.54, 1.807) is 16.7 Å². The summed E-state index contributed by atoms with van der Waals surface area (Å²) in [5.41, 5.74) is -0.374. The van der Waals surface area contributed by atoms with Gasteiger partial charge in [-0.3, -0.25) is 9.59 Å². The van der Waals surface area contributed by atoms with Crippen LogP contribution < -0.4 is 0 Å². The molecule has 0 aromatic carbocycles. The number of rotatable bonds is 5. The lowest BCUT2D eigenvalue weighted by Crippen LogP contribution is -2.51. The molecule has 0 bridgehead atoms. The molecule has 1 heterocycles. The highest BCUT2D eigenvalue weighted by atomic mass is 16.6. The van der Waals surface area contributed by atoms with E-state index in [-0.39, 0.29) is 23.8 Å². The first-order valence-corrected chi connectivity index (χ1v) is 8.37. The third-order valence-corrected chi connectivity index (χ3v) is 4.88. The molecule has 1 saturated heterocycles. The third kappa shape index (κ3) is 4.59. The number of carbonyl (C=O) groups excluding carboxylic acids is 2. The Kier molecular flexibility index (Phi) is 5.85. The second-order valence-electron chi connectivity index (χ2n) is 6.52. The molecule has 130 valence electrons. The van der Waals surface area contributed by atoms with E-state index < -0.39 is 5.97 Å². The molecule has 7 heteroatoms. The molecule has 23 heavy (non-hydrogen) atoms. The predicted octanol–water partition coefficient (Wildman–Crippen LogP) is 1.71. The minimum Gasteiger partial charge on any atom is -0.481 e. The van der Waals surface area contributed by atoms with E-state index >= 15 is 0 Å². The lowest BCUT2D eigenvalue weighted by molar-refractivity contribution is -0.142. The normalized spacial score (nSPS) is 20.4.